The number of nitrogens with one attached hydrogen (secondary N) is 1. The summed E-state index contributed by atoms with van der Waals surface area (Å²) in [6.45, 7) is 5.71. The van der Waals surface area contributed by atoms with Crippen molar-refractivity contribution in [2.75, 3.05) is 37.6 Å². The first-order valence-corrected chi connectivity index (χ1v) is 9.95. The number of piperidine rings is 2. The van der Waals surface area contributed by atoms with Gasteiger partial charge in [-0.05, 0) is 45.1 Å². The van der Waals surface area contributed by atoms with Gasteiger partial charge in [0.05, 0.1) is 10.6 Å². The Kier molecular flexibility index (Phi) is 6.35. The predicted molar refractivity (Wildman–Crippen MR) is 103 cm³/mol. The lowest BCUT2D eigenvalue weighted by atomic mass is 9.96. The van der Waals surface area contributed by atoms with Gasteiger partial charge in [-0.1, -0.05) is 11.6 Å². The van der Waals surface area contributed by atoms with Crippen LogP contribution in [0.3, 0.4) is 0 Å². The molecule has 0 atom stereocenters. The Morgan fingerprint density at radius 1 is 1.19 bits per heavy atom. The van der Waals surface area contributed by atoms with Crippen molar-refractivity contribution >= 4 is 29.2 Å². The number of pyridine rings is 1. The van der Waals surface area contributed by atoms with Gasteiger partial charge >= 0.3 is 0 Å². The molecule has 7 heteroatoms. The fourth-order valence-electron chi connectivity index (χ4n) is 3.73. The molecular formula is C19H27ClN4O2. The number of aromatic nitrogens is 1. The van der Waals surface area contributed by atoms with Gasteiger partial charge in [-0.25, -0.2) is 4.98 Å². The predicted octanol–water partition coefficient (Wildman–Crippen LogP) is 2.71. The molecule has 2 saturated heterocycles. The summed E-state index contributed by atoms with van der Waals surface area (Å²) in [6, 6.07) is 1.73. The first-order valence-electron chi connectivity index (χ1n) is 9.57. The maximum atomic E-state index is 12.6. The van der Waals surface area contributed by atoms with Gasteiger partial charge in [0.1, 0.15) is 5.82 Å². The van der Waals surface area contributed by atoms with E-state index in [-0.39, 0.29) is 17.7 Å². The average Bonchev–Trinajstić information content (AvgIpc) is 2.68. The highest BCUT2D eigenvalue weighted by Crippen LogP contribution is 2.29. The summed E-state index contributed by atoms with van der Waals surface area (Å²) in [7, 11) is 0. The zero-order chi connectivity index (χ0) is 18.5. The molecule has 142 valence electrons. The van der Waals surface area contributed by atoms with Crippen LogP contribution in [0.1, 0.15) is 49.4 Å². The normalized spacial score (nSPS) is 18.7. The number of carbonyl (C=O) groups is 2. The van der Waals surface area contributed by atoms with Crippen LogP contribution >= 0.6 is 11.6 Å². The van der Waals surface area contributed by atoms with Gasteiger partial charge in [0, 0.05) is 44.8 Å². The summed E-state index contributed by atoms with van der Waals surface area (Å²) in [6.07, 6.45) is 6.52. The van der Waals surface area contributed by atoms with Gasteiger partial charge < -0.3 is 15.1 Å². The third-order valence-electron chi connectivity index (χ3n) is 5.23. The molecule has 3 heterocycles. The first kappa shape index (κ1) is 19.0. The zero-order valence-corrected chi connectivity index (χ0v) is 16.1. The largest absolute Gasteiger partial charge is 0.356 e. The Hall–Kier alpha value is -1.82. The highest BCUT2D eigenvalue weighted by atomic mass is 35.5. The van der Waals surface area contributed by atoms with Crippen molar-refractivity contribution in [1.82, 2.24) is 15.2 Å². The summed E-state index contributed by atoms with van der Waals surface area (Å²) in [5.74, 6) is 0.912. The minimum absolute atomic E-state index is 0.0144. The number of rotatable bonds is 4. The highest BCUT2D eigenvalue weighted by Gasteiger charge is 2.27. The van der Waals surface area contributed by atoms with Gasteiger partial charge in [0.25, 0.3) is 5.91 Å². The monoisotopic (exact) mass is 378 g/mol. The molecule has 26 heavy (non-hydrogen) atoms. The lowest BCUT2D eigenvalue weighted by Gasteiger charge is -2.32. The molecule has 3 rings (SSSR count). The number of hydrogen-bond acceptors (Lipinski definition) is 4. The average molecular weight is 379 g/mol. The Bertz CT molecular complexity index is 653. The summed E-state index contributed by atoms with van der Waals surface area (Å²) >= 11 is 6.44. The number of amides is 2. The van der Waals surface area contributed by atoms with Crippen molar-refractivity contribution in [3.8, 4) is 0 Å². The van der Waals surface area contributed by atoms with Gasteiger partial charge in [0.2, 0.25) is 5.91 Å². The van der Waals surface area contributed by atoms with E-state index in [0.717, 1.165) is 51.9 Å². The standard InChI is InChI=1S/C19H27ClN4O2/c1-2-21-18(25)14-6-10-23(11-7-14)17-16(20)12-15(13-22-17)19(26)24-8-4-3-5-9-24/h12-14H,2-11H2,1H3,(H,21,25). The molecule has 2 aliphatic rings. The maximum Gasteiger partial charge on any atom is 0.255 e. The van der Waals surface area contributed by atoms with E-state index in [4.69, 9.17) is 11.6 Å². The second-order valence-electron chi connectivity index (χ2n) is 7.04. The number of carbonyl (C=O) groups excluding carboxylic acids is 2. The molecule has 2 amide bonds. The van der Waals surface area contributed by atoms with Gasteiger partial charge in [-0.3, -0.25) is 9.59 Å². The van der Waals surface area contributed by atoms with Gasteiger partial charge in [-0.2, -0.15) is 0 Å². The molecule has 1 N–H and O–H groups in total. The Morgan fingerprint density at radius 3 is 2.50 bits per heavy atom. The molecule has 1 aromatic heterocycles. The smallest absolute Gasteiger partial charge is 0.255 e. The SMILES string of the molecule is CCNC(=O)C1CCN(c2ncc(C(=O)N3CCCCC3)cc2Cl)CC1. The van der Waals surface area contributed by atoms with Crippen molar-refractivity contribution in [1.29, 1.82) is 0 Å². The van der Waals surface area contributed by atoms with Gasteiger partial charge in [-0.15, -0.1) is 0 Å². The van der Waals surface area contributed by atoms with Crippen LogP contribution in [0.25, 0.3) is 0 Å². The van der Waals surface area contributed by atoms with Crippen LogP contribution < -0.4 is 10.2 Å². The molecule has 6 nitrogen and oxygen atoms in total. The van der Waals surface area contributed by atoms with Crippen molar-refractivity contribution in [2.45, 2.75) is 39.0 Å². The van der Waals surface area contributed by atoms with E-state index in [0.29, 0.717) is 22.9 Å². The Balaban J connectivity index is 1.63. The van der Waals surface area contributed by atoms with Crippen LogP contribution in [0, 0.1) is 5.92 Å². The van der Waals surface area contributed by atoms with Crippen molar-refractivity contribution in [3.05, 3.63) is 22.8 Å². The Morgan fingerprint density at radius 2 is 1.88 bits per heavy atom. The number of anilines is 1. The second kappa shape index (κ2) is 8.71. The molecule has 2 fully saturated rings. The van der Waals surface area contributed by atoms with Crippen molar-refractivity contribution in [2.24, 2.45) is 5.92 Å². The van der Waals surface area contributed by atoms with Crippen LogP contribution in [0.5, 0.6) is 0 Å². The lowest BCUT2D eigenvalue weighted by Crippen LogP contribution is -2.41. The minimum Gasteiger partial charge on any atom is -0.356 e. The second-order valence-corrected chi connectivity index (χ2v) is 7.45. The topological polar surface area (TPSA) is 65.5 Å². The van der Waals surface area contributed by atoms with Gasteiger partial charge in [0.15, 0.2) is 0 Å². The molecule has 0 aliphatic carbocycles. The first-order chi connectivity index (χ1) is 12.6. The molecule has 0 unspecified atom stereocenters. The van der Waals surface area contributed by atoms with E-state index in [1.807, 2.05) is 11.8 Å². The number of likely N-dealkylation sites (tertiary alicyclic amines) is 1. The number of halogens is 1. The summed E-state index contributed by atoms with van der Waals surface area (Å²) in [5, 5.41) is 3.40. The quantitative estimate of drug-likeness (QED) is 0.874. The van der Waals surface area contributed by atoms with Crippen LogP contribution in [-0.4, -0.2) is 54.4 Å². The number of hydrogen-bond donors (Lipinski definition) is 1. The number of nitrogens with zero attached hydrogens (tertiary/aromatic N) is 3. The fraction of sp³-hybridized carbons (Fsp3) is 0.632. The van der Waals surface area contributed by atoms with Crippen LogP contribution in [-0.2, 0) is 4.79 Å². The van der Waals surface area contributed by atoms with Crippen LogP contribution in [0.15, 0.2) is 12.3 Å². The summed E-state index contributed by atoms with van der Waals surface area (Å²) in [4.78, 5) is 33.0. The molecule has 2 aliphatic heterocycles. The van der Waals surface area contributed by atoms with E-state index < -0.39 is 0 Å². The molecule has 0 radical (unpaired) electrons. The minimum atomic E-state index is 0.0144. The molecule has 0 spiro atoms. The van der Waals surface area contributed by atoms with Crippen molar-refractivity contribution < 1.29 is 9.59 Å². The molecule has 0 aromatic carbocycles. The third-order valence-corrected chi connectivity index (χ3v) is 5.51. The fourth-order valence-corrected chi connectivity index (χ4v) is 4.02. The molecule has 1 aromatic rings. The summed E-state index contributed by atoms with van der Waals surface area (Å²) in [5.41, 5.74) is 0.554. The highest BCUT2D eigenvalue weighted by molar-refractivity contribution is 6.33. The van der Waals surface area contributed by atoms with E-state index >= 15 is 0 Å². The third kappa shape index (κ3) is 4.29. The molecule has 0 saturated carbocycles. The zero-order valence-electron chi connectivity index (χ0n) is 15.3. The van der Waals surface area contributed by atoms with E-state index in [1.54, 1.807) is 12.3 Å². The van der Waals surface area contributed by atoms with Crippen LogP contribution in [0.2, 0.25) is 5.02 Å². The Labute approximate surface area is 159 Å². The molecule has 0 bridgehead atoms. The lowest BCUT2D eigenvalue weighted by molar-refractivity contribution is -0.125. The van der Waals surface area contributed by atoms with E-state index in [1.165, 1.54) is 6.42 Å². The summed E-state index contributed by atoms with van der Waals surface area (Å²) < 4.78 is 0. The van der Waals surface area contributed by atoms with Crippen LogP contribution in [0.4, 0.5) is 5.82 Å². The molecular weight excluding hydrogens is 352 g/mol. The van der Waals surface area contributed by atoms with E-state index in [9.17, 15) is 9.59 Å². The van der Waals surface area contributed by atoms with Crippen molar-refractivity contribution in [3.63, 3.8) is 0 Å². The maximum absolute atomic E-state index is 12.6. The van der Waals surface area contributed by atoms with E-state index in [2.05, 4.69) is 15.2 Å².